The Hall–Kier alpha value is -0.170. The summed E-state index contributed by atoms with van der Waals surface area (Å²) in [6.07, 6.45) is 3.96. The van der Waals surface area contributed by atoms with Crippen molar-refractivity contribution in [3.8, 4) is 0 Å². The van der Waals surface area contributed by atoms with Gasteiger partial charge in [0.15, 0.2) is 0 Å². The van der Waals surface area contributed by atoms with E-state index >= 15 is 0 Å². The zero-order valence-corrected chi connectivity index (χ0v) is 9.52. The molecule has 2 saturated heterocycles. The molecule has 1 saturated carbocycles. The molecular weight excluding hydrogens is 214 g/mol. The molecule has 0 radical (unpaired) electrons. The van der Waals surface area contributed by atoms with Crippen molar-refractivity contribution in [3.05, 3.63) is 0 Å². The molecule has 3 fully saturated rings. The van der Waals surface area contributed by atoms with Crippen LogP contribution in [0.15, 0.2) is 0 Å². The summed E-state index contributed by atoms with van der Waals surface area (Å²) in [7, 11) is -3.18. The third-order valence-electron chi connectivity index (χ3n) is 3.72. The second kappa shape index (κ2) is 3.16. The van der Waals surface area contributed by atoms with Gasteiger partial charge in [-0.3, -0.25) is 0 Å². The first kappa shape index (κ1) is 10.0. The van der Waals surface area contributed by atoms with Crippen molar-refractivity contribution in [1.82, 2.24) is 14.3 Å². The van der Waals surface area contributed by atoms with Crippen LogP contribution >= 0.6 is 0 Å². The lowest BCUT2D eigenvalue weighted by molar-refractivity contribution is 0.157. The van der Waals surface area contributed by atoms with Gasteiger partial charge >= 0.3 is 0 Å². The highest BCUT2D eigenvalue weighted by molar-refractivity contribution is 7.87. The fourth-order valence-corrected chi connectivity index (χ4v) is 4.76. The average molecular weight is 231 g/mol. The Bertz CT molecular complexity index is 358. The van der Waals surface area contributed by atoms with Gasteiger partial charge in [-0.15, -0.1) is 0 Å². The molecule has 0 unspecified atom stereocenters. The number of hydrogen-bond donors (Lipinski definition) is 2. The van der Waals surface area contributed by atoms with Gasteiger partial charge in [0.05, 0.1) is 5.54 Å². The number of rotatable bonds is 1. The van der Waals surface area contributed by atoms with E-state index in [1.54, 1.807) is 4.31 Å². The Kier molecular flexibility index (Phi) is 2.11. The molecule has 2 N–H and O–H groups in total. The van der Waals surface area contributed by atoms with Crippen LogP contribution in [0, 0.1) is 0 Å². The maximum atomic E-state index is 11.9. The molecule has 1 aliphatic carbocycles. The van der Waals surface area contributed by atoms with Gasteiger partial charge in [0.25, 0.3) is 10.2 Å². The minimum atomic E-state index is -3.18. The SMILES string of the molecule is O=S1(=O)NCC2(CCNCC2)N1C1CC1. The van der Waals surface area contributed by atoms with Crippen molar-refractivity contribution < 1.29 is 8.42 Å². The van der Waals surface area contributed by atoms with Crippen molar-refractivity contribution in [3.63, 3.8) is 0 Å². The minimum absolute atomic E-state index is 0.120. The monoisotopic (exact) mass is 231 g/mol. The van der Waals surface area contributed by atoms with Crippen LogP contribution in [0.4, 0.5) is 0 Å². The molecule has 86 valence electrons. The van der Waals surface area contributed by atoms with Crippen LogP contribution in [0.3, 0.4) is 0 Å². The summed E-state index contributed by atoms with van der Waals surface area (Å²) in [5, 5.41) is 3.29. The predicted octanol–water partition coefficient (Wildman–Crippen LogP) is -0.579. The molecule has 6 heteroatoms. The van der Waals surface area contributed by atoms with E-state index in [9.17, 15) is 8.42 Å². The lowest BCUT2D eigenvalue weighted by atomic mass is 9.88. The van der Waals surface area contributed by atoms with Gasteiger partial charge in [-0.2, -0.15) is 12.7 Å². The van der Waals surface area contributed by atoms with Crippen molar-refractivity contribution in [2.75, 3.05) is 19.6 Å². The standard InChI is InChI=1S/C9H17N3O2S/c13-15(14)11-7-9(3-5-10-6-4-9)12(15)8-1-2-8/h8,10-11H,1-7H2. The number of nitrogens with zero attached hydrogens (tertiary/aromatic N) is 1. The van der Waals surface area contributed by atoms with Gasteiger partial charge in [0, 0.05) is 12.6 Å². The Labute approximate surface area is 90.4 Å². The smallest absolute Gasteiger partial charge is 0.280 e. The molecule has 0 atom stereocenters. The van der Waals surface area contributed by atoms with Gasteiger partial charge in [-0.1, -0.05) is 0 Å². The second-order valence-corrected chi connectivity index (χ2v) is 6.46. The number of piperidine rings is 1. The van der Waals surface area contributed by atoms with Crippen LogP contribution in [0.5, 0.6) is 0 Å². The third-order valence-corrected chi connectivity index (χ3v) is 5.44. The van der Waals surface area contributed by atoms with E-state index in [-0.39, 0.29) is 11.6 Å². The summed E-state index contributed by atoms with van der Waals surface area (Å²) in [4.78, 5) is 0. The van der Waals surface area contributed by atoms with Gasteiger partial charge in [-0.05, 0) is 38.8 Å². The van der Waals surface area contributed by atoms with E-state index in [4.69, 9.17) is 0 Å². The van der Waals surface area contributed by atoms with Gasteiger partial charge in [0.2, 0.25) is 0 Å². The summed E-state index contributed by atoms with van der Waals surface area (Å²) >= 11 is 0. The summed E-state index contributed by atoms with van der Waals surface area (Å²) in [6, 6.07) is 0.281. The average Bonchev–Trinajstić information content (AvgIpc) is 2.97. The largest absolute Gasteiger partial charge is 0.317 e. The van der Waals surface area contributed by atoms with E-state index in [1.165, 1.54) is 0 Å². The first-order valence-corrected chi connectivity index (χ1v) is 7.08. The Balaban J connectivity index is 1.94. The van der Waals surface area contributed by atoms with Crippen LogP contribution in [-0.4, -0.2) is 43.9 Å². The van der Waals surface area contributed by atoms with Crippen LogP contribution in [-0.2, 0) is 10.2 Å². The van der Waals surface area contributed by atoms with Crippen molar-refractivity contribution in [2.24, 2.45) is 0 Å². The quantitative estimate of drug-likeness (QED) is 0.635. The molecule has 1 spiro atoms. The lowest BCUT2D eigenvalue weighted by Gasteiger charge is -2.39. The molecule has 2 aliphatic heterocycles. The minimum Gasteiger partial charge on any atom is -0.317 e. The van der Waals surface area contributed by atoms with E-state index in [2.05, 4.69) is 10.0 Å². The van der Waals surface area contributed by atoms with E-state index in [0.29, 0.717) is 6.54 Å². The normalized spacial score (nSPS) is 34.7. The lowest BCUT2D eigenvalue weighted by Crippen LogP contribution is -2.54. The molecule has 0 bridgehead atoms. The topological polar surface area (TPSA) is 61.4 Å². The fraction of sp³-hybridized carbons (Fsp3) is 1.00. The summed E-state index contributed by atoms with van der Waals surface area (Å²) in [5.41, 5.74) is -0.120. The highest BCUT2D eigenvalue weighted by Gasteiger charge is 2.55. The molecule has 3 rings (SSSR count). The molecule has 0 amide bonds. The Morgan fingerprint density at radius 1 is 1.20 bits per heavy atom. The molecule has 0 aromatic carbocycles. The molecule has 15 heavy (non-hydrogen) atoms. The Morgan fingerprint density at radius 2 is 1.87 bits per heavy atom. The third kappa shape index (κ3) is 1.51. The van der Waals surface area contributed by atoms with E-state index in [1.807, 2.05) is 0 Å². The van der Waals surface area contributed by atoms with Crippen molar-refractivity contribution in [1.29, 1.82) is 0 Å². The van der Waals surface area contributed by atoms with E-state index in [0.717, 1.165) is 38.8 Å². The summed E-state index contributed by atoms with van der Waals surface area (Å²) < 4.78 is 28.3. The Morgan fingerprint density at radius 3 is 2.47 bits per heavy atom. The molecule has 0 aromatic rings. The zero-order chi connectivity index (χ0) is 10.5. The highest BCUT2D eigenvalue weighted by Crippen LogP contribution is 2.41. The summed E-state index contributed by atoms with van der Waals surface area (Å²) in [5.74, 6) is 0. The van der Waals surface area contributed by atoms with Crippen molar-refractivity contribution >= 4 is 10.2 Å². The maximum absolute atomic E-state index is 11.9. The first-order chi connectivity index (χ1) is 7.14. The molecule has 5 nitrogen and oxygen atoms in total. The van der Waals surface area contributed by atoms with Gasteiger partial charge < -0.3 is 5.32 Å². The molecule has 0 aromatic heterocycles. The number of nitrogens with one attached hydrogen (secondary N) is 2. The second-order valence-electron chi connectivity index (χ2n) is 4.83. The van der Waals surface area contributed by atoms with E-state index < -0.39 is 10.2 Å². The predicted molar refractivity (Wildman–Crippen MR) is 56.6 cm³/mol. The molecular formula is C9H17N3O2S. The van der Waals surface area contributed by atoms with Crippen LogP contribution in [0.25, 0.3) is 0 Å². The van der Waals surface area contributed by atoms with Crippen molar-refractivity contribution in [2.45, 2.75) is 37.3 Å². The van der Waals surface area contributed by atoms with Crippen LogP contribution in [0.1, 0.15) is 25.7 Å². The highest BCUT2D eigenvalue weighted by atomic mass is 32.2. The fourth-order valence-electron chi connectivity index (χ4n) is 2.81. The molecule has 3 aliphatic rings. The maximum Gasteiger partial charge on any atom is 0.280 e. The van der Waals surface area contributed by atoms with Gasteiger partial charge in [0.1, 0.15) is 0 Å². The molecule has 2 heterocycles. The van der Waals surface area contributed by atoms with Crippen LogP contribution < -0.4 is 10.0 Å². The summed E-state index contributed by atoms with van der Waals surface area (Å²) in [6.45, 7) is 2.47. The first-order valence-electron chi connectivity index (χ1n) is 5.64. The zero-order valence-electron chi connectivity index (χ0n) is 8.70. The number of hydrogen-bond acceptors (Lipinski definition) is 3. The van der Waals surface area contributed by atoms with Gasteiger partial charge in [-0.25, -0.2) is 4.72 Å². The van der Waals surface area contributed by atoms with Crippen LogP contribution in [0.2, 0.25) is 0 Å².